The number of aromatic hydroxyl groups is 1. The number of aromatic carboxylic acids is 1. The van der Waals surface area contributed by atoms with Crippen molar-refractivity contribution in [1.82, 2.24) is 24.6 Å². The summed E-state index contributed by atoms with van der Waals surface area (Å²) in [5.41, 5.74) is -1.92. The van der Waals surface area contributed by atoms with Gasteiger partial charge in [-0.2, -0.15) is 0 Å². The standard InChI is InChI=1S/C62H75FN6O16/c1-31-10-9-11-32(2)59(77)64-48-49(67-23-26-82-27-24-67)55(75)45-46(54(48)74)52(72)36(6)57-47(45)58(76)62(7,85-57)83-25-16-44(81-8)33(3)56(35(5)51(71)34(4)50(31)70)84-61(80)68-17-14-37(15-18-68)65-19-21-66(22-20-65)43-29-42-39(28-41(43)63)53(73)40(60(78)79)30-69(42)38-12-13-38/h9-11,16,25,28-31,33-35,37-38,44,50-51,56,70-72H,12-15,17-24,26-27H2,1-8H3,(H,64,77)(H,78,79)/b10-9+,25-16+,32-11-/t31-,33+,34+,35+,44-,50-,51+,56+,62-/m0/s1. The molecule has 0 radical (unpaired) electrons. The van der Waals surface area contributed by atoms with Gasteiger partial charge in [0.1, 0.15) is 40.4 Å². The molecule has 22 nitrogen and oxygen atoms in total. The highest BCUT2D eigenvalue weighted by atomic mass is 19.1. The maximum atomic E-state index is 15.8. The summed E-state index contributed by atoms with van der Waals surface area (Å²) in [6.45, 7) is 14.7. The summed E-state index contributed by atoms with van der Waals surface area (Å²) in [5, 5.41) is 47.9. The first-order chi connectivity index (χ1) is 40.5. The average Bonchev–Trinajstić information content (AvgIpc) is 1.73. The number of carbonyl (C=O) groups excluding carboxylic acids is 5. The third-order valence-corrected chi connectivity index (χ3v) is 18.4. The van der Waals surface area contributed by atoms with Gasteiger partial charge in [-0.1, -0.05) is 45.9 Å². The Labute approximate surface area is 491 Å². The molecule has 11 rings (SSSR count). The Bertz CT molecular complexity index is 3400. The van der Waals surface area contributed by atoms with Crippen molar-refractivity contribution in [2.24, 2.45) is 23.7 Å². The van der Waals surface area contributed by atoms with Gasteiger partial charge in [-0.25, -0.2) is 14.0 Å². The summed E-state index contributed by atoms with van der Waals surface area (Å²) in [6, 6.07) is 2.95. The van der Waals surface area contributed by atoms with E-state index in [9.17, 15) is 54.0 Å². The molecule has 23 heteroatoms. The van der Waals surface area contributed by atoms with Crippen LogP contribution in [0.2, 0.25) is 0 Å². The highest BCUT2D eigenvalue weighted by Crippen LogP contribution is 2.49. The van der Waals surface area contributed by atoms with E-state index >= 15 is 4.39 Å². The second-order valence-electron chi connectivity index (χ2n) is 23.8. The molecule has 6 aliphatic heterocycles. The molecule has 7 heterocycles. The number of nitrogens with one attached hydrogen (secondary N) is 1. The number of phenolic OH excluding ortho intramolecular Hbond substituents is 1. The largest absolute Gasteiger partial charge is 0.507 e. The number of anilines is 1. The molecule has 2 aromatic carbocycles. The van der Waals surface area contributed by atoms with Crippen LogP contribution in [0.4, 0.5) is 14.9 Å². The van der Waals surface area contributed by atoms with Gasteiger partial charge in [0, 0.05) is 125 Å². The van der Waals surface area contributed by atoms with Crippen molar-refractivity contribution in [3.63, 3.8) is 0 Å². The number of piperazine rings is 1. The van der Waals surface area contributed by atoms with Crippen LogP contribution in [-0.2, 0) is 23.7 Å². The third-order valence-electron chi connectivity index (χ3n) is 18.4. The lowest BCUT2D eigenvalue weighted by Gasteiger charge is -2.44. The highest BCUT2D eigenvalue weighted by Gasteiger charge is 2.53. The van der Waals surface area contributed by atoms with Crippen LogP contribution in [-0.4, -0.2) is 184 Å². The Hall–Kier alpha value is -7.44. The number of carbonyl (C=O) groups is 6. The average molecular weight is 1180 g/mol. The van der Waals surface area contributed by atoms with Crippen LogP contribution < -0.4 is 20.4 Å². The fourth-order valence-corrected chi connectivity index (χ4v) is 12.9. The van der Waals surface area contributed by atoms with Gasteiger partial charge in [-0.3, -0.25) is 28.9 Å². The third kappa shape index (κ3) is 11.4. The van der Waals surface area contributed by atoms with Crippen LogP contribution in [0.5, 0.6) is 11.5 Å². The monoisotopic (exact) mass is 1180 g/mol. The first-order valence-corrected chi connectivity index (χ1v) is 29.2. The number of allylic oxidation sites excluding steroid dienone is 4. The number of benzene rings is 2. The second-order valence-corrected chi connectivity index (χ2v) is 23.8. The number of aliphatic hydroxyl groups excluding tert-OH is 2. The number of nitrogens with zero attached hydrogens (tertiary/aromatic N) is 5. The quantitative estimate of drug-likeness (QED) is 0.191. The molecular formula is C62H75FN6O16. The molecule has 8 aliphatic rings. The van der Waals surface area contributed by atoms with Gasteiger partial charge in [-0.15, -0.1) is 0 Å². The number of carboxylic acid groups (broad SMARTS) is 1. The lowest BCUT2D eigenvalue weighted by Crippen LogP contribution is -2.54. The van der Waals surface area contributed by atoms with Gasteiger partial charge in [-0.05, 0) is 57.7 Å². The molecule has 3 saturated heterocycles. The summed E-state index contributed by atoms with van der Waals surface area (Å²) in [7, 11) is 1.43. The lowest BCUT2D eigenvalue weighted by molar-refractivity contribution is -0.116. The number of fused-ring (bicyclic) bond motifs is 15. The Morgan fingerprint density at radius 2 is 1.48 bits per heavy atom. The summed E-state index contributed by atoms with van der Waals surface area (Å²) < 4.78 is 47.9. The van der Waals surface area contributed by atoms with E-state index in [2.05, 4.69) is 10.2 Å². The molecule has 5 bridgehead atoms. The number of Topliss-reactive ketones (excluding diaryl/α,β-unsaturated/α-hetero) is 3. The molecule has 2 aliphatic carbocycles. The molecule has 0 spiro atoms. The Morgan fingerprint density at radius 1 is 0.800 bits per heavy atom. The van der Waals surface area contributed by atoms with Gasteiger partial charge in [0.05, 0.1) is 65.7 Å². The number of carboxylic acids is 1. The van der Waals surface area contributed by atoms with Crippen LogP contribution >= 0.6 is 0 Å². The number of ketones is 3. The topological polar surface area (TPSA) is 276 Å². The number of halogens is 1. The van der Waals surface area contributed by atoms with E-state index in [0.717, 1.165) is 18.9 Å². The predicted octanol–water partition coefficient (Wildman–Crippen LogP) is 5.64. The molecule has 9 atom stereocenters. The first-order valence-electron chi connectivity index (χ1n) is 29.2. The van der Waals surface area contributed by atoms with E-state index in [1.54, 1.807) is 60.3 Å². The Balaban J connectivity index is 0.876. The van der Waals surface area contributed by atoms with E-state index in [4.69, 9.17) is 23.7 Å². The number of likely N-dealkylation sites (tertiary alicyclic amines) is 1. The van der Waals surface area contributed by atoms with Crippen LogP contribution in [0.15, 0.2) is 70.7 Å². The molecular weight excluding hydrogens is 1100 g/mol. The molecule has 1 aromatic heterocycles. The van der Waals surface area contributed by atoms with E-state index in [0.29, 0.717) is 63.3 Å². The first kappa shape index (κ1) is 60.7. The molecule has 2 amide bonds. The summed E-state index contributed by atoms with van der Waals surface area (Å²) in [4.78, 5) is 105. The number of amides is 2. The van der Waals surface area contributed by atoms with E-state index in [1.165, 1.54) is 52.5 Å². The van der Waals surface area contributed by atoms with Crippen LogP contribution in [0.25, 0.3) is 10.9 Å². The van der Waals surface area contributed by atoms with Crippen molar-refractivity contribution in [2.75, 3.05) is 77.6 Å². The SMILES string of the molecule is CO[C@H]1/C=C/O[C@@]2(C)Oc3c(C)c(O)c4c(c3C2=O)C(=O)C(N2CCOCC2)=C(NC(=O)/C(C)=C\C=C\[C@H](C)[C@H](O)[C@@H](C)[C@@H](O)[C@@H](C)[C@H](OC(=O)N2CCC(N3CCN(c5cc6c(cc5F)c(=O)c(C(=O)O)cn6C5CC5)CC3)CC2)[C@@H]1C)C4=O. The molecule has 1 saturated carbocycles. The summed E-state index contributed by atoms with van der Waals surface area (Å²) in [6.07, 6.45) is 6.59. The number of piperidine rings is 1. The van der Waals surface area contributed by atoms with Crippen LogP contribution in [0, 0.1) is 36.4 Å². The number of morpholine rings is 1. The highest BCUT2D eigenvalue weighted by molar-refractivity contribution is 6.32. The summed E-state index contributed by atoms with van der Waals surface area (Å²) >= 11 is 0. The maximum Gasteiger partial charge on any atom is 0.410 e. The number of ether oxygens (including phenoxy) is 5. The smallest absolute Gasteiger partial charge is 0.410 e. The van der Waals surface area contributed by atoms with E-state index in [1.807, 2.05) is 4.90 Å². The predicted molar refractivity (Wildman–Crippen MR) is 307 cm³/mol. The Kier molecular flexibility index (Phi) is 17.2. The molecule has 456 valence electrons. The van der Waals surface area contributed by atoms with Crippen molar-refractivity contribution < 1.29 is 77.3 Å². The van der Waals surface area contributed by atoms with E-state index in [-0.39, 0.29) is 83.2 Å². The molecule has 0 unspecified atom stereocenters. The number of aliphatic hydroxyl groups is 2. The fraction of sp³-hybridized carbons (Fsp3) is 0.532. The zero-order valence-corrected chi connectivity index (χ0v) is 49.1. The number of rotatable bonds is 7. The van der Waals surface area contributed by atoms with Crippen molar-refractivity contribution in [3.8, 4) is 11.5 Å². The molecule has 85 heavy (non-hydrogen) atoms. The molecule has 3 aromatic rings. The Morgan fingerprint density at radius 3 is 2.13 bits per heavy atom. The van der Waals surface area contributed by atoms with Gasteiger partial charge in [0.2, 0.25) is 17.0 Å². The zero-order chi connectivity index (χ0) is 61.1. The minimum Gasteiger partial charge on any atom is -0.507 e. The number of hydrogen-bond acceptors (Lipinski definition) is 18. The zero-order valence-electron chi connectivity index (χ0n) is 49.1. The van der Waals surface area contributed by atoms with Gasteiger partial charge >= 0.3 is 17.8 Å². The normalized spacial score (nSPS) is 30.0. The van der Waals surface area contributed by atoms with Crippen LogP contribution in [0.1, 0.15) is 120 Å². The summed E-state index contributed by atoms with van der Waals surface area (Å²) in [5.74, 6) is -11.1. The minimum absolute atomic E-state index is 0.0268. The number of pyridine rings is 1. The minimum atomic E-state index is -2.15. The molecule has 4 fully saturated rings. The van der Waals surface area contributed by atoms with E-state index < -0.39 is 117 Å². The maximum absolute atomic E-state index is 15.8. The van der Waals surface area contributed by atoms with Crippen molar-refractivity contribution in [1.29, 1.82) is 0 Å². The number of aromatic nitrogens is 1. The lowest BCUT2D eigenvalue weighted by atomic mass is 9.78. The van der Waals surface area contributed by atoms with Crippen molar-refractivity contribution >= 4 is 51.9 Å². The number of methoxy groups -OCH3 is 1. The fourth-order valence-electron chi connectivity index (χ4n) is 12.9. The number of hydrogen-bond donors (Lipinski definition) is 5. The second kappa shape index (κ2) is 24.1. The van der Waals surface area contributed by atoms with Gasteiger partial charge in [0.25, 0.3) is 11.7 Å². The van der Waals surface area contributed by atoms with Crippen LogP contribution in [0.3, 0.4) is 0 Å². The number of phenols is 1. The van der Waals surface area contributed by atoms with Gasteiger partial charge in [0.15, 0.2) is 0 Å². The molecule has 5 N–H and O–H groups in total. The van der Waals surface area contributed by atoms with Crippen molar-refractivity contribution in [2.45, 2.75) is 116 Å². The van der Waals surface area contributed by atoms with Crippen molar-refractivity contribution in [3.05, 3.63) is 110 Å². The van der Waals surface area contributed by atoms with Gasteiger partial charge < -0.3 is 68.7 Å².